The molecule has 24 heavy (non-hydrogen) atoms. The minimum absolute atomic E-state index is 0.0800. The number of nitrogens with zero attached hydrogens (tertiary/aromatic N) is 1. The van der Waals surface area contributed by atoms with Crippen LogP contribution in [0.5, 0.6) is 0 Å². The van der Waals surface area contributed by atoms with Gasteiger partial charge in [0.1, 0.15) is 0 Å². The van der Waals surface area contributed by atoms with Gasteiger partial charge in [0, 0.05) is 13.1 Å². The molecule has 3 rings (SSSR count). The molecule has 2 aromatic rings. The van der Waals surface area contributed by atoms with E-state index >= 15 is 0 Å². The second kappa shape index (κ2) is 7.60. The summed E-state index contributed by atoms with van der Waals surface area (Å²) >= 11 is 0. The van der Waals surface area contributed by atoms with E-state index in [1.165, 1.54) is 5.56 Å². The molecule has 0 aliphatic carbocycles. The summed E-state index contributed by atoms with van der Waals surface area (Å²) in [4.78, 5) is 13.7. The highest BCUT2D eigenvalue weighted by molar-refractivity contribution is 5.89. The van der Waals surface area contributed by atoms with Crippen LogP contribution in [0.3, 0.4) is 0 Å². The molecule has 1 aliphatic heterocycles. The second-order valence-electron chi connectivity index (χ2n) is 6.53. The van der Waals surface area contributed by atoms with Crippen LogP contribution < -0.4 is 0 Å². The van der Waals surface area contributed by atoms with Gasteiger partial charge in [0.2, 0.25) is 0 Å². The number of carboxylic acid groups (broad SMARTS) is 1. The number of carboxylic acids is 1. The van der Waals surface area contributed by atoms with Gasteiger partial charge >= 0.3 is 5.97 Å². The summed E-state index contributed by atoms with van der Waals surface area (Å²) in [6.07, 6.45) is 2.13. The molecule has 0 saturated carbocycles. The zero-order valence-corrected chi connectivity index (χ0v) is 13.7. The Morgan fingerprint density at radius 1 is 1.12 bits per heavy atom. The van der Waals surface area contributed by atoms with Gasteiger partial charge in [-0.2, -0.15) is 0 Å². The number of aliphatic hydroxyl groups excluding tert-OH is 1. The molecule has 1 atom stereocenters. The first-order valence-corrected chi connectivity index (χ1v) is 8.38. The van der Waals surface area contributed by atoms with E-state index in [-0.39, 0.29) is 6.61 Å². The lowest BCUT2D eigenvalue weighted by Crippen LogP contribution is -2.22. The largest absolute Gasteiger partial charge is 0.478 e. The van der Waals surface area contributed by atoms with Crippen LogP contribution >= 0.6 is 0 Å². The molecule has 0 unspecified atom stereocenters. The fourth-order valence-corrected chi connectivity index (χ4v) is 3.52. The number of rotatable bonds is 6. The van der Waals surface area contributed by atoms with E-state index in [0.717, 1.165) is 37.1 Å². The molecular weight excluding hydrogens is 302 g/mol. The molecule has 1 heterocycles. The number of likely N-dealkylation sites (tertiary alicyclic amines) is 1. The average molecular weight is 325 g/mol. The first-order chi connectivity index (χ1) is 11.7. The first-order valence-electron chi connectivity index (χ1n) is 8.38. The van der Waals surface area contributed by atoms with Gasteiger partial charge in [0.25, 0.3) is 0 Å². The van der Waals surface area contributed by atoms with Gasteiger partial charge in [0.15, 0.2) is 0 Å². The van der Waals surface area contributed by atoms with Crippen molar-refractivity contribution in [1.82, 2.24) is 4.90 Å². The quantitative estimate of drug-likeness (QED) is 0.857. The summed E-state index contributed by atoms with van der Waals surface area (Å²) in [7, 11) is 0. The van der Waals surface area contributed by atoms with E-state index in [1.54, 1.807) is 12.1 Å². The molecule has 0 aromatic heterocycles. The molecule has 0 radical (unpaired) electrons. The third kappa shape index (κ3) is 4.02. The summed E-state index contributed by atoms with van der Waals surface area (Å²) in [5, 5.41) is 18.5. The highest BCUT2D eigenvalue weighted by Gasteiger charge is 2.24. The Balaban J connectivity index is 1.60. The fraction of sp³-hybridized carbons (Fsp3) is 0.350. The summed E-state index contributed by atoms with van der Waals surface area (Å²) in [6, 6.07) is 15.4. The van der Waals surface area contributed by atoms with Crippen molar-refractivity contribution < 1.29 is 15.0 Å². The predicted octanol–water partition coefficient (Wildman–Crippen LogP) is 2.94. The molecule has 2 aromatic carbocycles. The molecule has 0 spiro atoms. The molecule has 1 aliphatic rings. The van der Waals surface area contributed by atoms with Crippen molar-refractivity contribution in [2.45, 2.75) is 26.0 Å². The number of aromatic carboxylic acids is 1. The molecule has 1 saturated heterocycles. The minimum atomic E-state index is -0.859. The van der Waals surface area contributed by atoms with E-state index in [4.69, 9.17) is 0 Å². The lowest BCUT2D eigenvalue weighted by atomic mass is 9.97. The smallest absolute Gasteiger partial charge is 0.336 e. The zero-order chi connectivity index (χ0) is 16.9. The van der Waals surface area contributed by atoms with Crippen molar-refractivity contribution >= 4 is 5.97 Å². The van der Waals surface area contributed by atoms with E-state index in [9.17, 15) is 15.0 Å². The van der Waals surface area contributed by atoms with Crippen LogP contribution in [-0.4, -0.2) is 34.2 Å². The van der Waals surface area contributed by atoms with Gasteiger partial charge in [-0.1, -0.05) is 42.5 Å². The summed E-state index contributed by atoms with van der Waals surface area (Å²) in [5.74, 6) is -0.280. The Labute approximate surface area is 142 Å². The van der Waals surface area contributed by atoms with Gasteiger partial charge in [0.05, 0.1) is 12.2 Å². The van der Waals surface area contributed by atoms with E-state index < -0.39 is 5.97 Å². The molecule has 4 nitrogen and oxygen atoms in total. The average Bonchev–Trinajstić information content (AvgIpc) is 3.02. The van der Waals surface area contributed by atoms with Crippen LogP contribution in [0.2, 0.25) is 0 Å². The molecule has 0 amide bonds. The molecule has 2 N–H and O–H groups in total. The first kappa shape index (κ1) is 16.7. The molecule has 4 heteroatoms. The van der Waals surface area contributed by atoms with Crippen molar-refractivity contribution in [2.75, 3.05) is 13.1 Å². The highest BCUT2D eigenvalue weighted by atomic mass is 16.4. The van der Waals surface area contributed by atoms with Crippen LogP contribution in [0.25, 0.3) is 0 Å². The summed E-state index contributed by atoms with van der Waals surface area (Å²) < 4.78 is 0. The van der Waals surface area contributed by atoms with Gasteiger partial charge in [-0.3, -0.25) is 4.90 Å². The Kier molecular flexibility index (Phi) is 5.28. The van der Waals surface area contributed by atoms with Gasteiger partial charge in [-0.25, -0.2) is 4.79 Å². The van der Waals surface area contributed by atoms with Crippen molar-refractivity contribution in [2.24, 2.45) is 5.92 Å². The molecular formula is C20H23NO3. The lowest BCUT2D eigenvalue weighted by Gasteiger charge is -2.17. The number of benzene rings is 2. The van der Waals surface area contributed by atoms with E-state index in [1.807, 2.05) is 24.3 Å². The van der Waals surface area contributed by atoms with Gasteiger partial charge < -0.3 is 10.2 Å². The second-order valence-corrected chi connectivity index (χ2v) is 6.53. The topological polar surface area (TPSA) is 60.8 Å². The Morgan fingerprint density at radius 3 is 2.71 bits per heavy atom. The van der Waals surface area contributed by atoms with Crippen molar-refractivity contribution in [3.05, 3.63) is 70.8 Å². The number of carbonyl (C=O) groups is 1. The highest BCUT2D eigenvalue weighted by Crippen LogP contribution is 2.24. The minimum Gasteiger partial charge on any atom is -0.478 e. The van der Waals surface area contributed by atoms with Crippen LogP contribution in [-0.2, 0) is 19.6 Å². The SMILES string of the molecule is O=C(O)c1ccccc1CN1CC[C@H](Cc2cccc(CO)c2)C1. The Morgan fingerprint density at radius 2 is 1.92 bits per heavy atom. The number of hydrogen-bond acceptors (Lipinski definition) is 3. The lowest BCUT2D eigenvalue weighted by molar-refractivity contribution is 0.0694. The van der Waals surface area contributed by atoms with Crippen LogP contribution in [0.1, 0.15) is 33.5 Å². The third-order valence-corrected chi connectivity index (χ3v) is 4.71. The maximum absolute atomic E-state index is 11.3. The molecule has 126 valence electrons. The Bertz CT molecular complexity index is 714. The maximum Gasteiger partial charge on any atom is 0.336 e. The summed E-state index contributed by atoms with van der Waals surface area (Å²) in [6.45, 7) is 2.75. The van der Waals surface area contributed by atoms with E-state index in [2.05, 4.69) is 17.0 Å². The molecule has 0 bridgehead atoms. The zero-order valence-electron chi connectivity index (χ0n) is 13.7. The summed E-state index contributed by atoms with van der Waals surface area (Å²) in [5.41, 5.74) is 3.50. The van der Waals surface area contributed by atoms with Crippen LogP contribution in [0, 0.1) is 5.92 Å². The van der Waals surface area contributed by atoms with Crippen molar-refractivity contribution in [1.29, 1.82) is 0 Å². The van der Waals surface area contributed by atoms with Crippen LogP contribution in [0.4, 0.5) is 0 Å². The van der Waals surface area contributed by atoms with Gasteiger partial charge in [-0.05, 0) is 48.1 Å². The Hall–Kier alpha value is -2.17. The van der Waals surface area contributed by atoms with Crippen molar-refractivity contribution in [3.8, 4) is 0 Å². The number of aliphatic hydroxyl groups is 1. The predicted molar refractivity (Wildman–Crippen MR) is 92.9 cm³/mol. The monoisotopic (exact) mass is 325 g/mol. The van der Waals surface area contributed by atoms with Gasteiger partial charge in [-0.15, -0.1) is 0 Å². The van der Waals surface area contributed by atoms with Crippen molar-refractivity contribution in [3.63, 3.8) is 0 Å². The fourth-order valence-electron chi connectivity index (χ4n) is 3.52. The standard InChI is InChI=1S/C20H23NO3/c22-14-17-5-3-4-15(11-17)10-16-8-9-21(12-16)13-18-6-1-2-7-19(18)20(23)24/h1-7,11,16,22H,8-10,12-14H2,(H,23,24)/t16-/m1/s1. The maximum atomic E-state index is 11.3. The van der Waals surface area contributed by atoms with Crippen LogP contribution in [0.15, 0.2) is 48.5 Å². The van der Waals surface area contributed by atoms with E-state index in [0.29, 0.717) is 18.0 Å². The third-order valence-electron chi connectivity index (χ3n) is 4.71. The number of hydrogen-bond donors (Lipinski definition) is 2. The molecule has 1 fully saturated rings. The normalized spacial score (nSPS) is 18.0.